The van der Waals surface area contributed by atoms with E-state index < -0.39 is 0 Å². The topological polar surface area (TPSA) is 43.1 Å². The second kappa shape index (κ2) is 4.87. The first-order valence-electron chi connectivity index (χ1n) is 2.28. The minimum Gasteiger partial charge on any atom is -0.323 e. The number of thioether (sulfide) groups is 1. The summed E-state index contributed by atoms with van der Waals surface area (Å²) in [4.78, 5) is 10.4. The monoisotopic (exact) mass is 131 g/mol. The second-order valence-electron chi connectivity index (χ2n) is 1.18. The summed E-state index contributed by atoms with van der Waals surface area (Å²) in [6, 6.07) is 0. The Bertz CT molecular complexity index is 92.4. The molecule has 2 N–H and O–H groups in total. The zero-order valence-electron chi connectivity index (χ0n) is 4.59. The molecule has 0 aliphatic carbocycles. The summed E-state index contributed by atoms with van der Waals surface area (Å²) in [5.74, 6) is 0.663. The molecule has 2 nitrogen and oxygen atoms in total. The van der Waals surface area contributed by atoms with Gasteiger partial charge in [-0.05, 0) is 0 Å². The molecule has 0 saturated carbocycles. The Hall–Kier alpha value is -0.280. The van der Waals surface area contributed by atoms with E-state index in [1.165, 1.54) is 11.8 Å². The van der Waals surface area contributed by atoms with Crippen molar-refractivity contribution in [3.8, 4) is 0 Å². The Morgan fingerprint density at radius 1 is 1.88 bits per heavy atom. The third kappa shape index (κ3) is 3.89. The minimum atomic E-state index is 0.0184. The molecule has 46 valence electrons. The van der Waals surface area contributed by atoms with E-state index in [9.17, 15) is 4.79 Å². The van der Waals surface area contributed by atoms with Gasteiger partial charge in [-0.3, -0.25) is 4.79 Å². The van der Waals surface area contributed by atoms with Gasteiger partial charge in [-0.2, -0.15) is 0 Å². The smallest absolute Gasteiger partial charge is 0.202 e. The first-order chi connectivity index (χ1) is 3.81. The molecular formula is C5H9NOS. The molecule has 0 aromatic carbocycles. The van der Waals surface area contributed by atoms with Crippen LogP contribution in [0.5, 0.6) is 0 Å². The fourth-order valence-corrected chi connectivity index (χ4v) is 0.632. The Morgan fingerprint density at radius 3 is 2.88 bits per heavy atom. The van der Waals surface area contributed by atoms with Gasteiger partial charge in [-0.1, -0.05) is 17.8 Å². The molecule has 0 amide bonds. The highest BCUT2D eigenvalue weighted by Gasteiger charge is 1.93. The van der Waals surface area contributed by atoms with Crippen LogP contribution in [0.15, 0.2) is 12.7 Å². The van der Waals surface area contributed by atoms with Gasteiger partial charge >= 0.3 is 0 Å². The molecule has 0 rings (SSSR count). The van der Waals surface area contributed by atoms with E-state index in [0.29, 0.717) is 5.75 Å². The molecule has 0 heterocycles. The van der Waals surface area contributed by atoms with Gasteiger partial charge in [0.25, 0.3) is 0 Å². The van der Waals surface area contributed by atoms with Crippen molar-refractivity contribution in [1.82, 2.24) is 0 Å². The van der Waals surface area contributed by atoms with E-state index in [-0.39, 0.29) is 11.7 Å². The van der Waals surface area contributed by atoms with Crippen molar-refractivity contribution in [1.29, 1.82) is 0 Å². The highest BCUT2D eigenvalue weighted by atomic mass is 32.2. The van der Waals surface area contributed by atoms with Gasteiger partial charge in [0.05, 0.1) is 6.54 Å². The Labute approximate surface area is 53.1 Å². The maximum absolute atomic E-state index is 10.4. The maximum Gasteiger partial charge on any atom is 0.202 e. The summed E-state index contributed by atoms with van der Waals surface area (Å²) in [5.41, 5.74) is 5.01. The summed E-state index contributed by atoms with van der Waals surface area (Å²) in [7, 11) is 0. The third-order valence-corrected chi connectivity index (χ3v) is 1.42. The van der Waals surface area contributed by atoms with Crippen LogP contribution < -0.4 is 5.73 Å². The van der Waals surface area contributed by atoms with Crippen molar-refractivity contribution < 1.29 is 4.79 Å². The summed E-state index contributed by atoms with van der Waals surface area (Å²) < 4.78 is 0. The van der Waals surface area contributed by atoms with Gasteiger partial charge in [0.15, 0.2) is 0 Å². The molecule has 8 heavy (non-hydrogen) atoms. The van der Waals surface area contributed by atoms with Crippen molar-refractivity contribution in [3.63, 3.8) is 0 Å². The van der Waals surface area contributed by atoms with Crippen molar-refractivity contribution >= 4 is 16.9 Å². The quantitative estimate of drug-likeness (QED) is 0.563. The third-order valence-electron chi connectivity index (χ3n) is 0.529. The summed E-state index contributed by atoms with van der Waals surface area (Å²) >= 11 is 1.19. The SMILES string of the molecule is C=CCSC(=O)CN. The number of carbonyl (C=O) groups excluding carboxylic acids is 1. The van der Waals surface area contributed by atoms with E-state index in [4.69, 9.17) is 5.73 Å². The molecular weight excluding hydrogens is 122 g/mol. The molecule has 0 atom stereocenters. The van der Waals surface area contributed by atoms with Crippen LogP contribution in [0.4, 0.5) is 0 Å². The maximum atomic E-state index is 10.4. The lowest BCUT2D eigenvalue weighted by Gasteiger charge is -1.88. The molecule has 0 radical (unpaired) electrons. The van der Waals surface area contributed by atoms with Crippen LogP contribution in [0, 0.1) is 0 Å². The first-order valence-corrected chi connectivity index (χ1v) is 3.26. The molecule has 3 heteroatoms. The van der Waals surface area contributed by atoms with E-state index in [2.05, 4.69) is 6.58 Å². The standard InChI is InChI=1S/C5H9NOS/c1-2-3-8-5(7)4-6/h2H,1,3-4,6H2. The molecule has 0 aromatic rings. The zero-order chi connectivity index (χ0) is 6.41. The predicted octanol–water partition coefficient (Wildman–Crippen LogP) is 0.391. The zero-order valence-corrected chi connectivity index (χ0v) is 5.41. The van der Waals surface area contributed by atoms with Gasteiger partial charge < -0.3 is 5.73 Å². The highest BCUT2D eigenvalue weighted by molar-refractivity contribution is 8.13. The normalized spacial score (nSPS) is 8.62. The molecule has 0 bridgehead atoms. The van der Waals surface area contributed by atoms with Crippen molar-refractivity contribution in [2.24, 2.45) is 5.73 Å². The van der Waals surface area contributed by atoms with E-state index in [1.54, 1.807) is 6.08 Å². The molecule has 0 fully saturated rings. The predicted molar refractivity (Wildman–Crippen MR) is 36.7 cm³/mol. The average Bonchev–Trinajstić information content (AvgIpc) is 1.83. The first kappa shape index (κ1) is 7.72. The second-order valence-corrected chi connectivity index (χ2v) is 2.25. The number of hydrogen-bond donors (Lipinski definition) is 1. The van der Waals surface area contributed by atoms with Crippen molar-refractivity contribution in [3.05, 3.63) is 12.7 Å². The van der Waals surface area contributed by atoms with Crippen LogP contribution in [0.25, 0.3) is 0 Å². The van der Waals surface area contributed by atoms with Crippen LogP contribution in [0.3, 0.4) is 0 Å². The molecule has 0 aromatic heterocycles. The molecule has 0 spiro atoms. The number of rotatable bonds is 3. The molecule has 0 aliphatic heterocycles. The lowest BCUT2D eigenvalue weighted by atomic mass is 10.8. The van der Waals surface area contributed by atoms with Gasteiger partial charge in [-0.15, -0.1) is 6.58 Å². The lowest BCUT2D eigenvalue weighted by Crippen LogP contribution is -2.09. The lowest BCUT2D eigenvalue weighted by molar-refractivity contribution is -0.109. The number of carbonyl (C=O) groups is 1. The number of hydrogen-bond acceptors (Lipinski definition) is 3. The Balaban J connectivity index is 3.11. The van der Waals surface area contributed by atoms with Crippen LogP contribution in [0.2, 0.25) is 0 Å². The molecule has 0 aliphatic rings. The summed E-state index contributed by atoms with van der Waals surface area (Å²) in [6.07, 6.45) is 1.68. The van der Waals surface area contributed by atoms with Crippen molar-refractivity contribution in [2.75, 3.05) is 12.3 Å². The van der Waals surface area contributed by atoms with E-state index in [0.717, 1.165) is 0 Å². The van der Waals surface area contributed by atoms with Crippen LogP contribution in [0.1, 0.15) is 0 Å². The van der Waals surface area contributed by atoms with E-state index >= 15 is 0 Å². The van der Waals surface area contributed by atoms with Gasteiger partial charge in [-0.25, -0.2) is 0 Å². The molecule has 0 saturated heterocycles. The van der Waals surface area contributed by atoms with Crippen LogP contribution in [-0.4, -0.2) is 17.4 Å². The van der Waals surface area contributed by atoms with E-state index in [1.807, 2.05) is 0 Å². The van der Waals surface area contributed by atoms with Gasteiger partial charge in [0.2, 0.25) is 5.12 Å². The van der Waals surface area contributed by atoms with Crippen LogP contribution >= 0.6 is 11.8 Å². The summed E-state index contributed by atoms with van der Waals surface area (Å²) in [5, 5.41) is 0.0184. The minimum absolute atomic E-state index is 0.0184. The van der Waals surface area contributed by atoms with Crippen molar-refractivity contribution in [2.45, 2.75) is 0 Å². The van der Waals surface area contributed by atoms with Gasteiger partial charge in [0, 0.05) is 5.75 Å². The Morgan fingerprint density at radius 2 is 2.50 bits per heavy atom. The fourth-order valence-electron chi connectivity index (χ4n) is 0.211. The Kier molecular flexibility index (Phi) is 4.70. The highest BCUT2D eigenvalue weighted by Crippen LogP contribution is 1.98. The fraction of sp³-hybridized carbons (Fsp3) is 0.400. The largest absolute Gasteiger partial charge is 0.323 e. The molecule has 0 unspecified atom stereocenters. The summed E-state index contributed by atoms with van der Waals surface area (Å²) in [6.45, 7) is 3.58. The average molecular weight is 131 g/mol. The van der Waals surface area contributed by atoms with Crippen LogP contribution in [-0.2, 0) is 4.79 Å². The van der Waals surface area contributed by atoms with Gasteiger partial charge in [0.1, 0.15) is 0 Å². The number of nitrogens with two attached hydrogens (primary N) is 1.